The summed E-state index contributed by atoms with van der Waals surface area (Å²) < 4.78 is 20.8. The van der Waals surface area contributed by atoms with E-state index >= 15 is 0 Å². The largest absolute Gasteiger partial charge is 0.383 e. The van der Waals surface area contributed by atoms with Crippen LogP contribution in [0.5, 0.6) is 0 Å². The lowest BCUT2D eigenvalue weighted by molar-refractivity contribution is -0.133. The van der Waals surface area contributed by atoms with Crippen LogP contribution in [0.15, 0.2) is 72.0 Å². The van der Waals surface area contributed by atoms with Gasteiger partial charge >= 0.3 is 0 Å². The second-order valence-corrected chi connectivity index (χ2v) is 8.73. The first kappa shape index (κ1) is 24.6. The third-order valence-electron chi connectivity index (χ3n) is 5.91. The molecule has 0 N–H and O–H groups in total. The van der Waals surface area contributed by atoms with E-state index in [1.54, 1.807) is 12.1 Å². The van der Waals surface area contributed by atoms with Crippen molar-refractivity contribution in [2.24, 2.45) is 12.1 Å². The van der Waals surface area contributed by atoms with E-state index in [1.165, 1.54) is 35.2 Å². The van der Waals surface area contributed by atoms with Gasteiger partial charge in [-0.25, -0.2) is 9.40 Å². The van der Waals surface area contributed by atoms with Crippen molar-refractivity contribution in [3.63, 3.8) is 0 Å². The summed E-state index contributed by atoms with van der Waals surface area (Å²) in [6, 6.07) is 16.2. The lowest BCUT2D eigenvalue weighted by atomic mass is 10.0. The molecule has 1 atom stereocenters. The topological polar surface area (TPSA) is 67.1 Å². The van der Waals surface area contributed by atoms with Crippen LogP contribution in [0.3, 0.4) is 0 Å². The number of methoxy groups -OCH3 is 1. The molecule has 35 heavy (non-hydrogen) atoms. The summed E-state index contributed by atoms with van der Waals surface area (Å²) in [5.74, 6) is -1.33. The van der Waals surface area contributed by atoms with Gasteiger partial charge in [-0.3, -0.25) is 9.59 Å². The summed E-state index contributed by atoms with van der Waals surface area (Å²) >= 11 is 6.07. The van der Waals surface area contributed by atoms with Gasteiger partial charge < -0.3 is 14.2 Å². The number of hydrogen-bond acceptors (Lipinski definition) is 4. The summed E-state index contributed by atoms with van der Waals surface area (Å²) in [5, 5.41) is 6.70. The van der Waals surface area contributed by atoms with Crippen LogP contribution >= 0.6 is 11.6 Å². The van der Waals surface area contributed by atoms with Crippen molar-refractivity contribution in [3.05, 3.63) is 94.5 Å². The zero-order chi connectivity index (χ0) is 24.9. The van der Waals surface area contributed by atoms with Gasteiger partial charge in [0.05, 0.1) is 24.1 Å². The summed E-state index contributed by atoms with van der Waals surface area (Å²) in [4.78, 5) is 28.0. The maximum Gasteiger partial charge on any atom is 0.262 e. The fourth-order valence-electron chi connectivity index (χ4n) is 4.09. The maximum absolute atomic E-state index is 13.7. The molecule has 1 aliphatic rings. The Balaban J connectivity index is 1.62. The Hall–Kier alpha value is -3.49. The minimum Gasteiger partial charge on any atom is -0.383 e. The van der Waals surface area contributed by atoms with E-state index in [-0.39, 0.29) is 37.2 Å². The molecule has 0 aliphatic carbocycles. The Labute approximate surface area is 208 Å². The highest BCUT2D eigenvalue weighted by molar-refractivity contribution is 6.30. The zero-order valence-corrected chi connectivity index (χ0v) is 20.3. The third kappa shape index (κ3) is 5.61. The van der Waals surface area contributed by atoms with Crippen LogP contribution in [-0.4, -0.2) is 58.8 Å². The first-order chi connectivity index (χ1) is 16.9. The number of carbonyl (C=O) groups excluding carboxylic acids is 2. The van der Waals surface area contributed by atoms with E-state index in [0.717, 1.165) is 23.0 Å². The van der Waals surface area contributed by atoms with E-state index in [4.69, 9.17) is 16.3 Å². The van der Waals surface area contributed by atoms with Gasteiger partial charge in [-0.1, -0.05) is 29.8 Å². The quantitative estimate of drug-likeness (QED) is 0.467. The average Bonchev–Trinajstić information content (AvgIpc) is 3.48. The number of rotatable bonds is 8. The number of aryl methyl sites for hydroxylation is 1. The van der Waals surface area contributed by atoms with Crippen molar-refractivity contribution in [2.75, 3.05) is 26.8 Å². The maximum atomic E-state index is 13.7. The Morgan fingerprint density at radius 3 is 2.60 bits per heavy atom. The lowest BCUT2D eigenvalue weighted by Crippen LogP contribution is -2.42. The summed E-state index contributed by atoms with van der Waals surface area (Å²) in [5.41, 5.74) is 2.73. The fraction of sp³-hybridized carbons (Fsp3) is 0.269. The highest BCUT2D eigenvalue weighted by Crippen LogP contribution is 2.33. The molecule has 9 heteroatoms. The molecule has 0 bridgehead atoms. The molecular formula is C26H26ClFN4O3. The van der Waals surface area contributed by atoms with Crippen molar-refractivity contribution in [1.82, 2.24) is 14.5 Å². The Morgan fingerprint density at radius 1 is 1.17 bits per heavy atom. The van der Waals surface area contributed by atoms with Crippen molar-refractivity contribution in [2.45, 2.75) is 12.5 Å². The molecule has 1 aromatic heterocycles. The number of halogens is 2. The van der Waals surface area contributed by atoms with Gasteiger partial charge in [0, 0.05) is 43.9 Å². The first-order valence-corrected chi connectivity index (χ1v) is 11.6. The van der Waals surface area contributed by atoms with Gasteiger partial charge in [0.2, 0.25) is 0 Å². The normalized spacial score (nSPS) is 15.3. The molecule has 0 spiro atoms. The smallest absolute Gasteiger partial charge is 0.262 e. The van der Waals surface area contributed by atoms with Crippen LogP contribution in [0.2, 0.25) is 5.02 Å². The van der Waals surface area contributed by atoms with E-state index in [0.29, 0.717) is 11.4 Å². The van der Waals surface area contributed by atoms with Gasteiger partial charge in [-0.15, -0.1) is 0 Å². The van der Waals surface area contributed by atoms with Crippen LogP contribution in [0.1, 0.15) is 34.1 Å². The Morgan fingerprint density at radius 2 is 1.94 bits per heavy atom. The monoisotopic (exact) mass is 496 g/mol. The average molecular weight is 497 g/mol. The van der Waals surface area contributed by atoms with Crippen molar-refractivity contribution in [1.29, 1.82) is 0 Å². The van der Waals surface area contributed by atoms with Crippen LogP contribution in [0.25, 0.3) is 0 Å². The standard InChI is InChI=1S/C26H26ClFN4O3/c1-30-12-4-7-23(30)22-16-24(18-8-10-20(27)11-9-18)32(29-22)25(33)17-31(13-14-35-2)26(34)19-5-3-6-21(28)15-19/h3-12,15,24H,13-14,16-17H2,1-2H3/t24-/m1/s1. The highest BCUT2D eigenvalue weighted by atomic mass is 35.5. The molecule has 0 saturated carbocycles. The molecule has 0 saturated heterocycles. The predicted octanol–water partition coefficient (Wildman–Crippen LogP) is 4.28. The van der Waals surface area contributed by atoms with Crippen LogP contribution < -0.4 is 0 Å². The zero-order valence-electron chi connectivity index (χ0n) is 19.5. The van der Waals surface area contributed by atoms with Gasteiger partial charge in [0.25, 0.3) is 11.8 Å². The molecule has 1 aliphatic heterocycles. The summed E-state index contributed by atoms with van der Waals surface area (Å²) in [6.07, 6.45) is 2.44. The molecular weight excluding hydrogens is 471 g/mol. The second kappa shape index (κ2) is 10.8. The van der Waals surface area contributed by atoms with Crippen LogP contribution in [0.4, 0.5) is 4.39 Å². The third-order valence-corrected chi connectivity index (χ3v) is 6.16. The lowest BCUT2D eigenvalue weighted by Gasteiger charge is -2.27. The number of nitrogens with zero attached hydrogens (tertiary/aromatic N) is 4. The number of hydrazone groups is 1. The van der Waals surface area contributed by atoms with E-state index in [2.05, 4.69) is 5.10 Å². The molecule has 0 radical (unpaired) electrons. The van der Waals surface area contributed by atoms with Gasteiger partial charge in [-0.05, 0) is 48.0 Å². The van der Waals surface area contributed by atoms with Gasteiger partial charge in [0.15, 0.2) is 0 Å². The molecule has 182 valence electrons. The number of aromatic nitrogens is 1. The van der Waals surface area contributed by atoms with Crippen LogP contribution in [0, 0.1) is 5.82 Å². The highest BCUT2D eigenvalue weighted by Gasteiger charge is 2.35. The molecule has 0 unspecified atom stereocenters. The number of benzene rings is 2. The number of ether oxygens (including phenoxy) is 1. The van der Waals surface area contributed by atoms with Gasteiger partial charge in [-0.2, -0.15) is 5.10 Å². The second-order valence-electron chi connectivity index (χ2n) is 8.29. The Bertz CT molecular complexity index is 1240. The molecule has 2 aromatic carbocycles. The first-order valence-electron chi connectivity index (χ1n) is 11.2. The van der Waals surface area contributed by atoms with E-state index in [9.17, 15) is 14.0 Å². The Kier molecular flexibility index (Phi) is 7.63. The van der Waals surface area contributed by atoms with Crippen molar-refractivity contribution >= 4 is 29.1 Å². The van der Waals surface area contributed by atoms with Crippen molar-refractivity contribution in [3.8, 4) is 0 Å². The van der Waals surface area contributed by atoms with E-state index in [1.807, 2.05) is 42.1 Å². The summed E-state index contributed by atoms with van der Waals surface area (Å²) in [7, 11) is 3.43. The minimum absolute atomic E-state index is 0.164. The molecule has 7 nitrogen and oxygen atoms in total. The van der Waals surface area contributed by atoms with Crippen LogP contribution in [-0.2, 0) is 16.6 Å². The molecule has 4 rings (SSSR count). The number of hydrogen-bond donors (Lipinski definition) is 0. The number of amides is 2. The van der Waals surface area contributed by atoms with Crippen molar-refractivity contribution < 1.29 is 18.7 Å². The minimum atomic E-state index is -0.520. The molecule has 0 fully saturated rings. The predicted molar refractivity (Wildman–Crippen MR) is 132 cm³/mol. The molecule has 3 aromatic rings. The molecule has 2 amide bonds. The fourth-order valence-corrected chi connectivity index (χ4v) is 4.22. The SMILES string of the molecule is COCCN(CC(=O)N1N=C(c2cccn2C)C[C@@H]1c1ccc(Cl)cc1)C(=O)c1cccc(F)c1. The molecule has 2 heterocycles. The van der Waals surface area contributed by atoms with E-state index < -0.39 is 11.7 Å². The van der Waals surface area contributed by atoms with Gasteiger partial charge in [0.1, 0.15) is 12.4 Å². The number of carbonyl (C=O) groups is 2. The summed E-state index contributed by atoms with van der Waals surface area (Å²) in [6.45, 7) is 0.172.